The van der Waals surface area contributed by atoms with Crippen LogP contribution in [0.15, 0.2) is 54.1 Å². The number of hydrogen-bond acceptors (Lipinski definition) is 4. The molecule has 0 saturated heterocycles. The maximum atomic E-state index is 12.2. The molecule has 134 valence electrons. The molecule has 0 radical (unpaired) electrons. The van der Waals surface area contributed by atoms with Crippen molar-refractivity contribution in [3.8, 4) is 0 Å². The molecule has 0 unspecified atom stereocenters. The Morgan fingerprint density at radius 2 is 1.60 bits per heavy atom. The minimum Gasteiger partial charge on any atom is -0.461 e. The van der Waals surface area contributed by atoms with Crippen molar-refractivity contribution in [1.82, 2.24) is 0 Å². The lowest BCUT2D eigenvalue weighted by molar-refractivity contribution is -0.143. The maximum Gasteiger partial charge on any atom is 0.338 e. The van der Waals surface area contributed by atoms with Gasteiger partial charge in [-0.15, -0.1) is 0 Å². The number of ether oxygens (including phenoxy) is 2. The second-order valence-electron chi connectivity index (χ2n) is 6.36. The number of carbonyl (C=O) groups excluding carboxylic acids is 2. The zero-order chi connectivity index (χ0) is 18.1. The first-order valence-electron chi connectivity index (χ1n) is 8.86. The van der Waals surface area contributed by atoms with Gasteiger partial charge in [0.15, 0.2) is 0 Å². The van der Waals surface area contributed by atoms with E-state index in [1.165, 1.54) is 0 Å². The van der Waals surface area contributed by atoms with Crippen LogP contribution in [0.1, 0.15) is 49.9 Å². The largest absolute Gasteiger partial charge is 0.461 e. The molecule has 0 heterocycles. The predicted octanol–water partition coefficient (Wildman–Crippen LogP) is 4.47. The highest BCUT2D eigenvalue weighted by molar-refractivity contribution is 5.91. The Labute approximate surface area is 149 Å². The number of esters is 2. The van der Waals surface area contributed by atoms with Crippen LogP contribution in [0.25, 0.3) is 0 Å². The van der Waals surface area contributed by atoms with Gasteiger partial charge in [0.05, 0.1) is 11.1 Å². The monoisotopic (exact) mass is 342 g/mol. The van der Waals surface area contributed by atoms with Gasteiger partial charge in [0.1, 0.15) is 13.2 Å². The fourth-order valence-corrected chi connectivity index (χ4v) is 2.64. The Hall–Kier alpha value is -2.36. The molecule has 0 fully saturated rings. The van der Waals surface area contributed by atoms with Crippen LogP contribution in [-0.4, -0.2) is 25.2 Å². The van der Waals surface area contributed by atoms with Crippen LogP contribution in [0, 0.1) is 5.41 Å². The quantitative estimate of drug-likeness (QED) is 0.654. The molecule has 1 aliphatic rings. The molecule has 0 bridgehead atoms. The van der Waals surface area contributed by atoms with Gasteiger partial charge in [0, 0.05) is 5.41 Å². The summed E-state index contributed by atoms with van der Waals surface area (Å²) in [6.45, 7) is 4.52. The first kappa shape index (κ1) is 19.0. The first-order chi connectivity index (χ1) is 12.1. The summed E-state index contributed by atoms with van der Waals surface area (Å²) in [4.78, 5) is 24.3. The lowest BCUT2D eigenvalue weighted by Gasteiger charge is -2.30. The molecule has 25 heavy (non-hydrogen) atoms. The van der Waals surface area contributed by atoms with Gasteiger partial charge in [0.2, 0.25) is 0 Å². The van der Waals surface area contributed by atoms with E-state index in [2.05, 4.69) is 0 Å². The fourth-order valence-electron chi connectivity index (χ4n) is 2.64. The molecule has 1 aromatic carbocycles. The normalized spacial score (nSPS) is 13.9. The van der Waals surface area contributed by atoms with Gasteiger partial charge in [-0.2, -0.15) is 0 Å². The average molecular weight is 342 g/mol. The van der Waals surface area contributed by atoms with Crippen molar-refractivity contribution < 1.29 is 19.1 Å². The van der Waals surface area contributed by atoms with Crippen molar-refractivity contribution in [3.05, 3.63) is 59.7 Å². The molecular formula is C21H26O4. The molecule has 0 N–H and O–H groups in total. The zero-order valence-corrected chi connectivity index (χ0v) is 15.0. The van der Waals surface area contributed by atoms with Crippen LogP contribution in [0.3, 0.4) is 0 Å². The van der Waals surface area contributed by atoms with E-state index in [9.17, 15) is 9.59 Å². The topological polar surface area (TPSA) is 52.6 Å². The van der Waals surface area contributed by atoms with Crippen LogP contribution < -0.4 is 0 Å². The Kier molecular flexibility index (Phi) is 6.99. The summed E-state index contributed by atoms with van der Waals surface area (Å²) in [6.07, 6.45) is 9.02. The number of allylic oxidation sites excluding steroid dienone is 2. The van der Waals surface area contributed by atoms with E-state index >= 15 is 0 Å². The van der Waals surface area contributed by atoms with E-state index in [0.29, 0.717) is 11.1 Å². The summed E-state index contributed by atoms with van der Waals surface area (Å²) < 4.78 is 11.0. The summed E-state index contributed by atoms with van der Waals surface area (Å²) in [5, 5.41) is 0. The van der Waals surface area contributed by atoms with Gasteiger partial charge in [0.25, 0.3) is 0 Å². The van der Waals surface area contributed by atoms with Gasteiger partial charge in [-0.25, -0.2) is 9.59 Å². The van der Waals surface area contributed by atoms with Crippen molar-refractivity contribution in [2.75, 3.05) is 13.2 Å². The highest BCUT2D eigenvalue weighted by Gasteiger charge is 2.30. The second kappa shape index (κ2) is 9.21. The lowest BCUT2D eigenvalue weighted by atomic mass is 9.84. The summed E-state index contributed by atoms with van der Waals surface area (Å²) >= 11 is 0. The summed E-state index contributed by atoms with van der Waals surface area (Å²) in [7, 11) is 0. The standard InChI is InChI=1S/C21H26O4/c1-3-21(4-2,15-24-19(22)17-11-7-5-8-12-17)16-25-20(23)18-13-9-6-10-14-18/h5,7-9,11-14H,3-4,6,10,15-16H2,1-2H3. The van der Waals surface area contributed by atoms with E-state index in [-0.39, 0.29) is 30.6 Å². The van der Waals surface area contributed by atoms with E-state index in [1.807, 2.05) is 32.1 Å². The van der Waals surface area contributed by atoms with E-state index < -0.39 is 0 Å². The number of hydrogen-bond donors (Lipinski definition) is 0. The number of rotatable bonds is 8. The third kappa shape index (κ3) is 5.31. The SMILES string of the molecule is CCC(CC)(COC(=O)C1=CCCC=C1)COC(=O)c1ccccc1. The minimum atomic E-state index is -0.362. The van der Waals surface area contributed by atoms with Crippen LogP contribution in [0.4, 0.5) is 0 Å². The fraction of sp³-hybridized carbons (Fsp3) is 0.429. The molecular weight excluding hydrogens is 316 g/mol. The smallest absolute Gasteiger partial charge is 0.338 e. The molecule has 4 heteroatoms. The van der Waals surface area contributed by atoms with Crippen molar-refractivity contribution in [2.24, 2.45) is 5.41 Å². The average Bonchev–Trinajstić information content (AvgIpc) is 2.69. The molecule has 0 aliphatic heterocycles. The van der Waals surface area contributed by atoms with Gasteiger partial charge >= 0.3 is 11.9 Å². The van der Waals surface area contributed by atoms with Gasteiger partial charge in [-0.1, -0.05) is 50.3 Å². The highest BCUT2D eigenvalue weighted by Crippen LogP contribution is 2.28. The van der Waals surface area contributed by atoms with Crippen molar-refractivity contribution >= 4 is 11.9 Å². The van der Waals surface area contributed by atoms with E-state index in [1.54, 1.807) is 30.3 Å². The van der Waals surface area contributed by atoms with Gasteiger partial charge in [-0.05, 0) is 37.8 Å². The Morgan fingerprint density at radius 3 is 2.16 bits per heavy atom. The molecule has 1 aliphatic carbocycles. The Balaban J connectivity index is 1.93. The third-order valence-corrected chi connectivity index (χ3v) is 4.76. The van der Waals surface area contributed by atoms with E-state index in [4.69, 9.17) is 9.47 Å². The maximum absolute atomic E-state index is 12.2. The van der Waals surface area contributed by atoms with Crippen LogP contribution in [-0.2, 0) is 14.3 Å². The molecule has 4 nitrogen and oxygen atoms in total. The van der Waals surface area contributed by atoms with Crippen molar-refractivity contribution in [2.45, 2.75) is 39.5 Å². The second-order valence-corrected chi connectivity index (χ2v) is 6.36. The first-order valence-corrected chi connectivity index (χ1v) is 8.86. The summed E-state index contributed by atoms with van der Waals surface area (Å²) in [5.74, 6) is -0.660. The summed E-state index contributed by atoms with van der Waals surface area (Å²) in [6, 6.07) is 8.91. The minimum absolute atomic E-state index is 0.232. The molecule has 0 spiro atoms. The van der Waals surface area contributed by atoms with Crippen LogP contribution in [0.2, 0.25) is 0 Å². The van der Waals surface area contributed by atoms with Crippen molar-refractivity contribution in [1.29, 1.82) is 0 Å². The third-order valence-electron chi connectivity index (χ3n) is 4.76. The zero-order valence-electron chi connectivity index (χ0n) is 15.0. The van der Waals surface area contributed by atoms with Crippen molar-refractivity contribution in [3.63, 3.8) is 0 Å². The summed E-state index contributed by atoms with van der Waals surface area (Å²) in [5.41, 5.74) is 0.769. The highest BCUT2D eigenvalue weighted by atomic mass is 16.5. The van der Waals surface area contributed by atoms with Gasteiger partial charge < -0.3 is 9.47 Å². The molecule has 0 amide bonds. The predicted molar refractivity (Wildman–Crippen MR) is 97.2 cm³/mol. The van der Waals surface area contributed by atoms with E-state index in [0.717, 1.165) is 25.7 Å². The van der Waals surface area contributed by atoms with Crippen LogP contribution in [0.5, 0.6) is 0 Å². The molecule has 1 aromatic rings. The molecule has 0 atom stereocenters. The molecule has 0 aromatic heterocycles. The number of benzene rings is 1. The Bertz CT molecular complexity index is 639. The van der Waals surface area contributed by atoms with Crippen LogP contribution >= 0.6 is 0 Å². The van der Waals surface area contributed by atoms with Gasteiger partial charge in [-0.3, -0.25) is 0 Å². The lowest BCUT2D eigenvalue weighted by Crippen LogP contribution is -2.33. The number of carbonyl (C=O) groups is 2. The molecule has 0 saturated carbocycles. The Morgan fingerprint density at radius 1 is 0.960 bits per heavy atom. The molecule has 2 rings (SSSR count).